The molecule has 1 aromatic carbocycles. The first-order valence-corrected chi connectivity index (χ1v) is 9.27. The lowest BCUT2D eigenvalue weighted by atomic mass is 9.91. The van der Waals surface area contributed by atoms with Gasteiger partial charge in [0, 0.05) is 42.7 Å². The lowest BCUT2D eigenvalue weighted by Crippen LogP contribution is -2.43. The van der Waals surface area contributed by atoms with Gasteiger partial charge in [-0.25, -0.2) is 0 Å². The quantitative estimate of drug-likeness (QED) is 0.232. The fourth-order valence-corrected chi connectivity index (χ4v) is 3.21. The molecule has 0 bridgehead atoms. The van der Waals surface area contributed by atoms with E-state index in [1.807, 2.05) is 25.2 Å². The molecule has 0 radical (unpaired) electrons. The minimum Gasteiger partial charge on any atom is -0.385 e. The van der Waals surface area contributed by atoms with Crippen LogP contribution in [0, 0.1) is 0 Å². The summed E-state index contributed by atoms with van der Waals surface area (Å²) < 4.78 is 0. The van der Waals surface area contributed by atoms with Gasteiger partial charge in [-0.2, -0.15) is 0 Å². The van der Waals surface area contributed by atoms with Crippen LogP contribution in [0.5, 0.6) is 0 Å². The van der Waals surface area contributed by atoms with Gasteiger partial charge in [0.25, 0.3) is 0 Å². The van der Waals surface area contributed by atoms with Gasteiger partial charge >= 0.3 is 0 Å². The van der Waals surface area contributed by atoms with Crippen molar-refractivity contribution in [1.29, 1.82) is 0 Å². The van der Waals surface area contributed by atoms with Crippen LogP contribution in [0.15, 0.2) is 52.8 Å². The summed E-state index contributed by atoms with van der Waals surface area (Å²) in [5, 5.41) is 12.3. The van der Waals surface area contributed by atoms with Gasteiger partial charge in [0.15, 0.2) is 5.96 Å². The van der Waals surface area contributed by atoms with Crippen molar-refractivity contribution in [3.63, 3.8) is 0 Å². The van der Waals surface area contributed by atoms with Crippen LogP contribution < -0.4 is 16.0 Å². The van der Waals surface area contributed by atoms with Crippen molar-refractivity contribution in [3.8, 4) is 0 Å². The maximum Gasteiger partial charge on any atom is 0.191 e. The van der Waals surface area contributed by atoms with Crippen LogP contribution in [0.2, 0.25) is 0 Å². The molecule has 25 heavy (non-hydrogen) atoms. The first-order valence-electron chi connectivity index (χ1n) is 8.39. The van der Waals surface area contributed by atoms with Crippen LogP contribution >= 0.6 is 35.3 Å². The van der Waals surface area contributed by atoms with Gasteiger partial charge in [-0.1, -0.05) is 38.1 Å². The zero-order valence-electron chi connectivity index (χ0n) is 15.2. The molecule has 1 aromatic heterocycles. The molecule has 6 heteroatoms. The van der Waals surface area contributed by atoms with Crippen molar-refractivity contribution in [2.24, 2.45) is 4.99 Å². The van der Waals surface area contributed by atoms with Crippen molar-refractivity contribution in [3.05, 3.63) is 52.7 Å². The van der Waals surface area contributed by atoms with Gasteiger partial charge in [0.1, 0.15) is 0 Å². The Bertz CT molecular complexity index is 612. The molecule has 2 rings (SSSR count). The fraction of sp³-hybridized carbons (Fsp3) is 0.421. The smallest absolute Gasteiger partial charge is 0.191 e. The van der Waals surface area contributed by atoms with E-state index in [9.17, 15) is 0 Å². The van der Waals surface area contributed by atoms with E-state index in [0.29, 0.717) is 0 Å². The molecule has 0 saturated heterocycles. The number of thiophene rings is 1. The zero-order valence-corrected chi connectivity index (χ0v) is 18.4. The Morgan fingerprint density at radius 3 is 2.44 bits per heavy atom. The van der Waals surface area contributed by atoms with Crippen LogP contribution in [0.25, 0.3) is 0 Å². The number of benzene rings is 1. The normalized spacial score (nSPS) is 11.6. The summed E-state index contributed by atoms with van der Waals surface area (Å²) in [6.07, 6.45) is 1.03. The lowest BCUT2D eigenvalue weighted by Gasteiger charge is -2.25. The van der Waals surface area contributed by atoms with E-state index < -0.39 is 0 Å². The number of guanidine groups is 1. The molecule has 138 valence electrons. The topological polar surface area (TPSA) is 48.5 Å². The number of hydrogen-bond acceptors (Lipinski definition) is 3. The Hall–Kier alpha value is -1.28. The molecule has 0 amide bonds. The standard InChI is InChI=1S/C19H28N4S.HI/c1-19(2,17-11-7-14-24-17)15-23-18(20-3)22-13-8-12-21-16-9-5-4-6-10-16;/h4-7,9-11,14,21H,8,12-13,15H2,1-3H3,(H2,20,22,23);1H. The van der Waals surface area contributed by atoms with E-state index in [0.717, 1.165) is 37.7 Å². The highest BCUT2D eigenvalue weighted by atomic mass is 127. The number of nitrogens with zero attached hydrogens (tertiary/aromatic N) is 1. The Labute approximate surface area is 172 Å². The predicted molar refractivity (Wildman–Crippen MR) is 122 cm³/mol. The molecule has 0 aliphatic rings. The van der Waals surface area contributed by atoms with Gasteiger partial charge in [-0.05, 0) is 30.0 Å². The average molecular weight is 472 g/mol. The summed E-state index contributed by atoms with van der Waals surface area (Å²) in [6, 6.07) is 14.6. The number of hydrogen-bond donors (Lipinski definition) is 3. The lowest BCUT2D eigenvalue weighted by molar-refractivity contribution is 0.518. The maximum absolute atomic E-state index is 4.31. The molecule has 0 saturated carbocycles. The third kappa shape index (κ3) is 7.64. The largest absolute Gasteiger partial charge is 0.385 e. The van der Waals surface area contributed by atoms with Gasteiger partial charge < -0.3 is 16.0 Å². The van der Waals surface area contributed by atoms with Crippen LogP contribution in [0.4, 0.5) is 5.69 Å². The van der Waals surface area contributed by atoms with Crippen molar-refractivity contribution in [2.75, 3.05) is 32.0 Å². The van der Waals surface area contributed by atoms with Gasteiger partial charge in [0.2, 0.25) is 0 Å². The maximum atomic E-state index is 4.31. The van der Waals surface area contributed by atoms with Gasteiger partial charge in [-0.3, -0.25) is 4.99 Å². The van der Waals surface area contributed by atoms with E-state index in [1.165, 1.54) is 4.88 Å². The third-order valence-electron chi connectivity index (χ3n) is 3.86. The molecular weight excluding hydrogens is 443 g/mol. The molecule has 0 aliphatic carbocycles. The van der Waals surface area contributed by atoms with Crippen molar-refractivity contribution in [2.45, 2.75) is 25.7 Å². The first kappa shape index (κ1) is 21.8. The molecule has 0 unspecified atom stereocenters. The zero-order chi connectivity index (χ0) is 17.3. The van der Waals surface area contributed by atoms with Crippen LogP contribution in [-0.4, -0.2) is 32.6 Å². The van der Waals surface area contributed by atoms with Gasteiger partial charge in [-0.15, -0.1) is 35.3 Å². The summed E-state index contributed by atoms with van der Waals surface area (Å²) in [5.41, 5.74) is 1.26. The van der Waals surface area contributed by atoms with Crippen LogP contribution in [0.1, 0.15) is 25.1 Å². The van der Waals surface area contributed by atoms with Crippen molar-refractivity contribution < 1.29 is 0 Å². The molecule has 2 aromatic rings. The number of rotatable bonds is 8. The molecular formula is C19H29IN4S. The average Bonchev–Trinajstić information content (AvgIpc) is 3.14. The molecule has 0 fully saturated rings. The van der Waals surface area contributed by atoms with Crippen molar-refractivity contribution in [1.82, 2.24) is 10.6 Å². The fourth-order valence-electron chi connectivity index (χ4n) is 2.36. The highest BCUT2D eigenvalue weighted by Crippen LogP contribution is 2.26. The third-order valence-corrected chi connectivity index (χ3v) is 5.09. The Morgan fingerprint density at radius 1 is 1.04 bits per heavy atom. The summed E-state index contributed by atoms with van der Waals surface area (Å²) in [6.45, 7) is 7.19. The Balaban J connectivity index is 0.00000312. The second kappa shape index (κ2) is 11.4. The Morgan fingerprint density at radius 2 is 1.80 bits per heavy atom. The summed E-state index contributed by atoms with van der Waals surface area (Å²) in [5.74, 6) is 0.861. The van der Waals surface area contributed by atoms with Gasteiger partial charge in [0.05, 0.1) is 0 Å². The second-order valence-electron chi connectivity index (χ2n) is 6.36. The summed E-state index contributed by atoms with van der Waals surface area (Å²) in [7, 11) is 1.82. The molecule has 0 spiro atoms. The predicted octanol–water partition coefficient (Wildman–Crippen LogP) is 4.31. The molecule has 0 aliphatic heterocycles. The number of nitrogens with one attached hydrogen (secondary N) is 3. The minimum atomic E-state index is 0. The number of halogens is 1. The minimum absolute atomic E-state index is 0. The number of para-hydroxylation sites is 1. The highest BCUT2D eigenvalue weighted by molar-refractivity contribution is 14.0. The highest BCUT2D eigenvalue weighted by Gasteiger charge is 2.21. The second-order valence-corrected chi connectivity index (χ2v) is 7.31. The van der Waals surface area contributed by atoms with Crippen molar-refractivity contribution >= 4 is 47.0 Å². The Kier molecular flexibility index (Phi) is 9.89. The van der Waals surface area contributed by atoms with E-state index in [2.05, 4.69) is 64.4 Å². The molecule has 0 atom stereocenters. The molecule has 3 N–H and O–H groups in total. The first-order chi connectivity index (χ1) is 11.6. The van der Waals surface area contributed by atoms with E-state index >= 15 is 0 Å². The molecule has 4 nitrogen and oxygen atoms in total. The van der Waals surface area contributed by atoms with E-state index in [-0.39, 0.29) is 29.4 Å². The molecule has 1 heterocycles. The number of aliphatic imine (C=N–C) groups is 1. The van der Waals surface area contributed by atoms with Crippen LogP contribution in [0.3, 0.4) is 0 Å². The van der Waals surface area contributed by atoms with E-state index in [4.69, 9.17) is 0 Å². The number of anilines is 1. The van der Waals surface area contributed by atoms with E-state index in [1.54, 1.807) is 11.3 Å². The monoisotopic (exact) mass is 472 g/mol. The summed E-state index contributed by atoms with van der Waals surface area (Å²) in [4.78, 5) is 5.69. The van der Waals surface area contributed by atoms with Crippen LogP contribution in [-0.2, 0) is 5.41 Å². The SMILES string of the molecule is CN=C(NCCCNc1ccccc1)NCC(C)(C)c1cccs1.I. The summed E-state index contributed by atoms with van der Waals surface area (Å²) >= 11 is 1.80.